The maximum absolute atomic E-state index is 10.5. The lowest BCUT2D eigenvalue weighted by molar-refractivity contribution is 0.310. The van der Waals surface area contributed by atoms with E-state index in [0.717, 1.165) is 33.9 Å². The van der Waals surface area contributed by atoms with Crippen molar-refractivity contribution in [3.8, 4) is 11.4 Å². The molecule has 0 amide bonds. The summed E-state index contributed by atoms with van der Waals surface area (Å²) in [5.74, 6) is 0.251. The molecule has 7 heteroatoms. The van der Waals surface area contributed by atoms with Gasteiger partial charge >= 0.3 is 0 Å². The topological polar surface area (TPSA) is 66.2 Å². The molecule has 1 aromatic carbocycles. The van der Waals surface area contributed by atoms with Gasteiger partial charge in [0.15, 0.2) is 5.11 Å². The molecule has 2 N–H and O–H groups in total. The highest BCUT2D eigenvalue weighted by Gasteiger charge is 2.41. The van der Waals surface area contributed by atoms with Gasteiger partial charge in [-0.3, -0.25) is 9.97 Å². The summed E-state index contributed by atoms with van der Waals surface area (Å²) < 4.78 is 2.10. The molecule has 6 nitrogen and oxygen atoms in total. The number of nitrogens with zero attached hydrogens (tertiary/aromatic N) is 4. The van der Waals surface area contributed by atoms with Gasteiger partial charge in [-0.15, -0.1) is 0 Å². The zero-order valence-electron chi connectivity index (χ0n) is 18.5. The molecule has 0 unspecified atom stereocenters. The fourth-order valence-corrected chi connectivity index (χ4v) is 5.02. The quantitative estimate of drug-likeness (QED) is 0.423. The first-order valence-corrected chi connectivity index (χ1v) is 11.3. The van der Waals surface area contributed by atoms with E-state index in [4.69, 9.17) is 12.2 Å². The zero-order valence-corrected chi connectivity index (χ0v) is 19.3. The number of nitrogens with one attached hydrogen (secondary N) is 1. The Hall–Kier alpha value is -3.71. The molecular formula is C26H25N5OS. The number of rotatable bonds is 5. The molecule has 2 atom stereocenters. The van der Waals surface area contributed by atoms with Crippen LogP contribution in [0.1, 0.15) is 40.3 Å². The van der Waals surface area contributed by atoms with Gasteiger partial charge in [-0.05, 0) is 79.7 Å². The van der Waals surface area contributed by atoms with Crippen LogP contribution in [0, 0.1) is 13.8 Å². The van der Waals surface area contributed by atoms with Crippen LogP contribution in [0.5, 0.6) is 5.75 Å². The van der Waals surface area contributed by atoms with Gasteiger partial charge in [0.05, 0.1) is 23.5 Å². The second kappa shape index (κ2) is 8.67. The number of benzene rings is 1. The van der Waals surface area contributed by atoms with Crippen LogP contribution in [0.25, 0.3) is 5.69 Å². The average Bonchev–Trinajstić information content (AvgIpc) is 3.30. The Labute approximate surface area is 198 Å². The van der Waals surface area contributed by atoms with E-state index < -0.39 is 0 Å². The fraction of sp³-hybridized carbons (Fsp3) is 0.192. The number of aromatic nitrogens is 3. The van der Waals surface area contributed by atoms with Crippen molar-refractivity contribution < 1.29 is 5.11 Å². The molecule has 0 aliphatic carbocycles. The van der Waals surface area contributed by atoms with Gasteiger partial charge in [-0.1, -0.05) is 18.2 Å². The van der Waals surface area contributed by atoms with E-state index in [1.54, 1.807) is 18.5 Å². The lowest BCUT2D eigenvalue weighted by Crippen LogP contribution is -2.29. The summed E-state index contributed by atoms with van der Waals surface area (Å²) in [6.45, 7) is 4.81. The molecule has 3 aromatic heterocycles. The molecule has 166 valence electrons. The molecule has 4 aromatic rings. The summed E-state index contributed by atoms with van der Waals surface area (Å²) in [5.41, 5.74) is 6.09. The van der Waals surface area contributed by atoms with E-state index in [0.29, 0.717) is 11.7 Å². The Morgan fingerprint density at radius 3 is 2.48 bits per heavy atom. The van der Waals surface area contributed by atoms with E-state index in [9.17, 15) is 5.11 Å². The van der Waals surface area contributed by atoms with Crippen molar-refractivity contribution in [2.24, 2.45) is 0 Å². The van der Waals surface area contributed by atoms with Crippen molar-refractivity contribution in [3.63, 3.8) is 0 Å². The van der Waals surface area contributed by atoms with Crippen LogP contribution in [0.15, 0.2) is 79.3 Å². The monoisotopic (exact) mass is 455 g/mol. The van der Waals surface area contributed by atoms with Gasteiger partial charge in [-0.25, -0.2) is 0 Å². The van der Waals surface area contributed by atoms with Gasteiger partial charge < -0.3 is 19.9 Å². The average molecular weight is 456 g/mol. The number of hydrogen-bond donors (Lipinski definition) is 2. The second-order valence-corrected chi connectivity index (χ2v) is 8.65. The zero-order chi connectivity index (χ0) is 22.9. The van der Waals surface area contributed by atoms with Gasteiger partial charge in [0.25, 0.3) is 0 Å². The number of pyridine rings is 2. The highest BCUT2D eigenvalue weighted by molar-refractivity contribution is 7.80. The number of phenolic OH excluding ortho intramolecular Hbond substituents is 1. The smallest absolute Gasteiger partial charge is 0.170 e. The van der Waals surface area contributed by atoms with E-state index in [1.165, 1.54) is 0 Å². The maximum Gasteiger partial charge on any atom is 0.170 e. The molecule has 4 heterocycles. The van der Waals surface area contributed by atoms with Gasteiger partial charge in [0.2, 0.25) is 0 Å². The number of aryl methyl sites for hydroxylation is 1. The van der Waals surface area contributed by atoms with Crippen LogP contribution in [-0.4, -0.2) is 29.7 Å². The van der Waals surface area contributed by atoms with E-state index >= 15 is 0 Å². The Morgan fingerprint density at radius 1 is 1.00 bits per heavy atom. The molecule has 33 heavy (non-hydrogen) atoms. The second-order valence-electron chi connectivity index (χ2n) is 8.26. The van der Waals surface area contributed by atoms with Crippen LogP contribution in [-0.2, 0) is 6.54 Å². The SMILES string of the molecule is Cc1cc([C@@H]2[C@@H](c3ccccn3)NC(=S)N2Cc2ccncc2)c(C)n1-c1ccccc1O. The van der Waals surface area contributed by atoms with Crippen LogP contribution in [0.3, 0.4) is 0 Å². The molecular weight excluding hydrogens is 430 g/mol. The van der Waals surface area contributed by atoms with Crippen molar-refractivity contribution in [3.05, 3.63) is 107 Å². The van der Waals surface area contributed by atoms with Gasteiger partial charge in [0.1, 0.15) is 5.75 Å². The Balaban J connectivity index is 1.63. The summed E-state index contributed by atoms with van der Waals surface area (Å²) in [4.78, 5) is 11.0. The fourth-order valence-electron chi connectivity index (χ4n) is 4.71. The Kier molecular flexibility index (Phi) is 5.56. The Bertz CT molecular complexity index is 1290. The Morgan fingerprint density at radius 2 is 1.76 bits per heavy atom. The maximum atomic E-state index is 10.5. The molecule has 0 radical (unpaired) electrons. The number of para-hydroxylation sites is 2. The molecule has 1 fully saturated rings. The van der Waals surface area contributed by atoms with Crippen LogP contribution < -0.4 is 5.32 Å². The van der Waals surface area contributed by atoms with Crippen LogP contribution in [0.2, 0.25) is 0 Å². The van der Waals surface area contributed by atoms with Crippen LogP contribution >= 0.6 is 12.2 Å². The lowest BCUT2D eigenvalue weighted by atomic mass is 9.96. The van der Waals surface area contributed by atoms with Crippen molar-refractivity contribution in [1.29, 1.82) is 0 Å². The summed E-state index contributed by atoms with van der Waals surface area (Å²) in [6, 6.07) is 19.4. The lowest BCUT2D eigenvalue weighted by Gasteiger charge is -2.28. The van der Waals surface area contributed by atoms with Gasteiger partial charge in [-0.2, -0.15) is 0 Å². The summed E-state index contributed by atoms with van der Waals surface area (Å²) in [5, 5.41) is 14.7. The number of phenols is 1. The standard InChI is InChI=1S/C26H25N5OS/c1-17-15-20(18(2)31(17)22-8-3-4-9-23(22)32)25-24(21-7-5-6-12-28-21)29-26(33)30(25)16-19-10-13-27-14-11-19/h3-15,24-25,32H,16H2,1-2H3,(H,29,33)/t24-,25-/m1/s1. The first-order chi connectivity index (χ1) is 16.0. The number of thiocarbonyl (C=S) groups is 1. The minimum absolute atomic E-state index is 0.0635. The summed E-state index contributed by atoms with van der Waals surface area (Å²) in [6.07, 6.45) is 5.42. The van der Waals surface area contributed by atoms with Crippen molar-refractivity contribution >= 4 is 17.3 Å². The molecule has 1 saturated heterocycles. The third-order valence-corrected chi connectivity index (χ3v) is 6.56. The summed E-state index contributed by atoms with van der Waals surface area (Å²) in [7, 11) is 0. The minimum atomic E-state index is -0.0983. The van der Waals surface area contributed by atoms with Crippen molar-refractivity contribution in [1.82, 2.24) is 24.8 Å². The molecule has 1 aliphatic rings. The molecule has 0 saturated carbocycles. The van der Waals surface area contributed by atoms with Gasteiger partial charge in [0, 0.05) is 36.5 Å². The first-order valence-electron chi connectivity index (χ1n) is 10.9. The largest absolute Gasteiger partial charge is 0.506 e. The predicted octanol–water partition coefficient (Wildman–Crippen LogP) is 4.76. The first kappa shape index (κ1) is 21.2. The summed E-state index contributed by atoms with van der Waals surface area (Å²) >= 11 is 5.82. The molecule has 5 rings (SSSR count). The third-order valence-electron chi connectivity index (χ3n) is 6.21. The van der Waals surface area contributed by atoms with Crippen LogP contribution in [0.4, 0.5) is 0 Å². The third kappa shape index (κ3) is 3.85. The predicted molar refractivity (Wildman–Crippen MR) is 132 cm³/mol. The number of hydrogen-bond acceptors (Lipinski definition) is 4. The molecule has 0 bridgehead atoms. The van der Waals surface area contributed by atoms with E-state index in [1.807, 2.05) is 54.7 Å². The van der Waals surface area contributed by atoms with E-state index in [-0.39, 0.29) is 17.8 Å². The highest BCUT2D eigenvalue weighted by Crippen LogP contribution is 2.42. The van der Waals surface area contributed by atoms with Crippen molar-refractivity contribution in [2.75, 3.05) is 0 Å². The highest BCUT2D eigenvalue weighted by atomic mass is 32.1. The molecule has 1 aliphatic heterocycles. The molecule has 0 spiro atoms. The normalized spacial score (nSPS) is 17.9. The van der Waals surface area contributed by atoms with Crippen molar-refractivity contribution in [2.45, 2.75) is 32.5 Å². The number of aromatic hydroxyl groups is 1. The minimum Gasteiger partial charge on any atom is -0.506 e. The van der Waals surface area contributed by atoms with E-state index in [2.05, 4.69) is 44.7 Å².